The van der Waals surface area contributed by atoms with Gasteiger partial charge in [-0.25, -0.2) is 0 Å². The molecule has 1 saturated heterocycles. The monoisotopic (exact) mass is 221 g/mol. The zero-order valence-electron chi connectivity index (χ0n) is 10.9. The maximum atomic E-state index is 12.0. The third-order valence-electron chi connectivity index (χ3n) is 3.48. The molecule has 0 aromatic heterocycles. The molecule has 1 fully saturated rings. The topological polar surface area (TPSA) is 20.3 Å². The summed E-state index contributed by atoms with van der Waals surface area (Å²) in [6.45, 7) is 9.75. The molecule has 0 N–H and O–H groups in total. The minimum atomic E-state index is -1.80. The molecule has 0 aromatic carbocycles. The Hall–Kier alpha value is -0.530. The molecule has 1 aliphatic heterocycles. The minimum Gasteiger partial charge on any atom is -0.320 e. The predicted molar refractivity (Wildman–Crippen MR) is 73.3 cm³/mol. The van der Waals surface area contributed by atoms with E-state index in [1.165, 1.54) is 4.90 Å². The van der Waals surface area contributed by atoms with E-state index >= 15 is 0 Å². The maximum Gasteiger partial charge on any atom is 0.214 e. The molecule has 1 aliphatic rings. The van der Waals surface area contributed by atoms with Crippen LogP contribution in [0.2, 0.25) is 10.4 Å². The molecular weight excluding hydrogens is 205 g/mol. The lowest BCUT2D eigenvalue weighted by Gasteiger charge is -2.59. The van der Waals surface area contributed by atoms with Gasteiger partial charge in [-0.15, -0.1) is 0 Å². The Morgan fingerprint density at radius 3 is 2.00 bits per heavy atom. The fourth-order valence-corrected chi connectivity index (χ4v) is 2.52. The van der Waals surface area contributed by atoms with Crippen LogP contribution in [-0.4, -0.2) is 49.2 Å². The van der Waals surface area contributed by atoms with E-state index in [-0.39, 0.29) is 5.41 Å². The van der Waals surface area contributed by atoms with Crippen LogP contribution in [0.25, 0.3) is 0 Å². The van der Waals surface area contributed by atoms with E-state index in [9.17, 15) is 4.79 Å². The number of hydrogen-bond donors (Lipinski definition) is 0. The molecule has 0 bridgehead atoms. The largest absolute Gasteiger partial charge is 0.320 e. The first kappa shape index (κ1) is 14.5. The van der Waals surface area contributed by atoms with Crippen molar-refractivity contribution in [3.8, 4) is 0 Å². The number of carbonyl (C=O) groups excluding carboxylic acids is 1. The van der Waals surface area contributed by atoms with E-state index in [0.717, 1.165) is 0 Å². The lowest BCUT2D eigenvalue weighted by Crippen LogP contribution is -2.58. The summed E-state index contributed by atoms with van der Waals surface area (Å²) in [5, 5.41) is -3.34. The van der Waals surface area contributed by atoms with E-state index in [2.05, 4.69) is 6.58 Å². The molecule has 2 nitrogen and oxygen atoms in total. The summed E-state index contributed by atoms with van der Waals surface area (Å²) in [5.74, 6) is -0.916. The second-order valence-corrected chi connectivity index (χ2v) is 5.96. The van der Waals surface area contributed by atoms with Gasteiger partial charge in [-0.1, -0.05) is 32.6 Å². The van der Waals surface area contributed by atoms with E-state index in [0.29, 0.717) is 5.70 Å². The molecular formula is C11H15B4NO. The number of amides is 1. The van der Waals surface area contributed by atoms with Gasteiger partial charge < -0.3 is 4.90 Å². The summed E-state index contributed by atoms with van der Waals surface area (Å²) in [6, 6.07) is 0. The van der Waals surface area contributed by atoms with Gasteiger partial charge in [0.25, 0.3) is 0 Å². The van der Waals surface area contributed by atoms with Gasteiger partial charge in [-0.3, -0.25) is 4.79 Å². The Balaban J connectivity index is 3.41. The van der Waals surface area contributed by atoms with Crippen molar-refractivity contribution in [1.29, 1.82) is 0 Å². The van der Waals surface area contributed by atoms with Crippen LogP contribution in [0.4, 0.5) is 0 Å². The first-order valence-corrected chi connectivity index (χ1v) is 5.47. The first-order valence-electron chi connectivity index (χ1n) is 5.47. The molecule has 1 amide bonds. The molecule has 1 unspecified atom stereocenters. The summed E-state index contributed by atoms with van der Waals surface area (Å²) >= 11 is 0. The van der Waals surface area contributed by atoms with E-state index in [1.54, 1.807) is 7.05 Å². The second kappa shape index (κ2) is 3.73. The number of hydrogen-bond acceptors (Lipinski definition) is 1. The molecule has 0 spiro atoms. The van der Waals surface area contributed by atoms with Gasteiger partial charge in [-0.05, 0) is 16.5 Å². The fourth-order valence-electron chi connectivity index (χ4n) is 2.52. The molecule has 8 radical (unpaired) electrons. The highest BCUT2D eigenvalue weighted by molar-refractivity contribution is 6.62. The zero-order valence-corrected chi connectivity index (χ0v) is 10.9. The number of carbonyl (C=O) groups is 1. The van der Waals surface area contributed by atoms with Crippen LogP contribution in [-0.2, 0) is 4.79 Å². The third kappa shape index (κ3) is 1.90. The molecule has 0 aliphatic carbocycles. The molecule has 1 rings (SSSR count). The average Bonchev–Trinajstić information content (AvgIpc) is 2.10. The standard InChI is InChI=1S/C11H15B4NO/c1-6-7(9(2,3)4)10(12,13)11(14,15)8(17)16(6)5/h7H,1H2,2-5H3. The van der Waals surface area contributed by atoms with Gasteiger partial charge >= 0.3 is 0 Å². The first-order chi connectivity index (χ1) is 7.35. The van der Waals surface area contributed by atoms with Crippen molar-refractivity contribution in [3.63, 3.8) is 0 Å². The van der Waals surface area contributed by atoms with E-state index < -0.39 is 22.3 Å². The zero-order chi connectivity index (χ0) is 13.8. The van der Waals surface area contributed by atoms with Crippen LogP contribution >= 0.6 is 0 Å². The van der Waals surface area contributed by atoms with Crippen LogP contribution in [0.5, 0.6) is 0 Å². The van der Waals surface area contributed by atoms with Crippen LogP contribution in [0, 0.1) is 11.3 Å². The number of rotatable bonds is 0. The highest BCUT2D eigenvalue weighted by atomic mass is 16.2. The second-order valence-electron chi connectivity index (χ2n) is 5.96. The number of likely N-dealkylation sites (tertiary alicyclic amines) is 1. The SMILES string of the molecule is [B]C1([B])C(=O)N(C)C(=C)C(C(C)(C)C)C1([B])[B]. The quantitative estimate of drug-likeness (QED) is 0.546. The Morgan fingerprint density at radius 2 is 1.65 bits per heavy atom. The van der Waals surface area contributed by atoms with Crippen molar-refractivity contribution in [2.24, 2.45) is 11.3 Å². The number of allylic oxidation sites excluding steroid dienone is 1. The van der Waals surface area contributed by atoms with Crippen molar-refractivity contribution < 1.29 is 4.79 Å². The summed E-state index contributed by atoms with van der Waals surface area (Å²) in [4.78, 5) is 13.3. The molecule has 0 saturated carbocycles. The lowest BCUT2D eigenvalue weighted by molar-refractivity contribution is -0.133. The summed E-state index contributed by atoms with van der Waals surface area (Å²) in [7, 11) is 25.3. The molecule has 82 valence electrons. The smallest absolute Gasteiger partial charge is 0.214 e. The van der Waals surface area contributed by atoms with Gasteiger partial charge in [0.1, 0.15) is 0 Å². The van der Waals surface area contributed by atoms with Crippen molar-refractivity contribution in [3.05, 3.63) is 12.3 Å². The fraction of sp³-hybridized carbons (Fsp3) is 0.727. The minimum absolute atomic E-state index is 0.306. The van der Waals surface area contributed by atoms with Gasteiger partial charge in [0.05, 0.1) is 31.4 Å². The molecule has 0 aromatic rings. The highest BCUT2D eigenvalue weighted by Gasteiger charge is 2.55. The summed E-state index contributed by atoms with van der Waals surface area (Å²) in [6.07, 6.45) is 0. The van der Waals surface area contributed by atoms with Crippen LogP contribution < -0.4 is 0 Å². The van der Waals surface area contributed by atoms with Gasteiger partial charge in [0.2, 0.25) is 5.91 Å². The summed E-state index contributed by atoms with van der Waals surface area (Å²) in [5.41, 5.74) is 0.235. The van der Waals surface area contributed by atoms with Crippen LogP contribution in [0.1, 0.15) is 20.8 Å². The normalized spacial score (nSPS) is 28.2. The highest BCUT2D eigenvalue weighted by Crippen LogP contribution is 2.60. The Bertz CT molecular complexity index is 370. The van der Waals surface area contributed by atoms with Crippen molar-refractivity contribution in [2.45, 2.75) is 31.2 Å². The maximum absolute atomic E-state index is 12.0. The average molecular weight is 220 g/mol. The van der Waals surface area contributed by atoms with Crippen molar-refractivity contribution in [2.75, 3.05) is 7.05 Å². The van der Waals surface area contributed by atoms with Gasteiger partial charge in [0.15, 0.2) is 0 Å². The molecule has 17 heavy (non-hydrogen) atoms. The van der Waals surface area contributed by atoms with Gasteiger partial charge in [0, 0.05) is 12.7 Å². The predicted octanol–water partition coefficient (Wildman–Crippen LogP) is 0.541. The van der Waals surface area contributed by atoms with Crippen LogP contribution in [0.15, 0.2) is 12.3 Å². The summed E-state index contributed by atoms with van der Waals surface area (Å²) < 4.78 is 0. The third-order valence-corrected chi connectivity index (χ3v) is 3.48. The molecule has 1 heterocycles. The van der Waals surface area contributed by atoms with E-state index in [4.69, 9.17) is 31.4 Å². The molecule has 6 heteroatoms. The lowest BCUT2D eigenvalue weighted by atomic mass is 9.23. The van der Waals surface area contributed by atoms with Gasteiger partial charge in [-0.2, -0.15) is 0 Å². The van der Waals surface area contributed by atoms with Crippen molar-refractivity contribution in [1.82, 2.24) is 4.90 Å². The molecule has 1 atom stereocenters. The Labute approximate surface area is 109 Å². The number of piperidine rings is 1. The Morgan fingerprint density at radius 1 is 1.24 bits per heavy atom. The van der Waals surface area contributed by atoms with E-state index in [1.807, 2.05) is 20.8 Å². The Kier molecular flexibility index (Phi) is 3.19. The number of nitrogens with zero attached hydrogens (tertiary/aromatic N) is 1. The van der Waals surface area contributed by atoms with Crippen LogP contribution in [0.3, 0.4) is 0 Å². The van der Waals surface area contributed by atoms with Crippen molar-refractivity contribution >= 4 is 37.3 Å².